The molecule has 5 heterocycles. The van der Waals surface area contributed by atoms with Gasteiger partial charge in [0.05, 0.1) is 16.7 Å². The first-order valence-corrected chi connectivity index (χ1v) is 15.0. The summed E-state index contributed by atoms with van der Waals surface area (Å²) in [6.07, 6.45) is 12.5. The van der Waals surface area contributed by atoms with Crippen molar-refractivity contribution < 1.29 is 9.59 Å². The van der Waals surface area contributed by atoms with Gasteiger partial charge in [0.15, 0.2) is 23.6 Å². The van der Waals surface area contributed by atoms with Crippen LogP contribution in [0.3, 0.4) is 0 Å². The van der Waals surface area contributed by atoms with Crippen LogP contribution in [0.1, 0.15) is 38.3 Å². The van der Waals surface area contributed by atoms with Gasteiger partial charge in [0, 0.05) is 36.7 Å². The number of pyridine rings is 3. The van der Waals surface area contributed by atoms with E-state index in [1.54, 1.807) is 23.3 Å². The van der Waals surface area contributed by atoms with Crippen LogP contribution in [-0.4, -0.2) is 52.7 Å². The van der Waals surface area contributed by atoms with Crippen LogP contribution in [0.2, 0.25) is 0 Å². The van der Waals surface area contributed by atoms with Gasteiger partial charge in [-0.05, 0) is 78.9 Å². The molecule has 1 aliphatic rings. The molecule has 1 aromatic carbocycles. The molecule has 220 valence electrons. The monoisotopic (exact) mass is 604 g/mol. The third kappa shape index (κ3) is 5.60. The van der Waals surface area contributed by atoms with Crippen LogP contribution in [0.4, 0.5) is 11.6 Å². The van der Waals surface area contributed by atoms with Crippen molar-refractivity contribution in [1.82, 2.24) is 34.3 Å². The van der Waals surface area contributed by atoms with Crippen molar-refractivity contribution in [2.45, 2.75) is 19.3 Å². The fourth-order valence-electron chi connectivity index (χ4n) is 5.10. The molecule has 0 radical (unpaired) electrons. The predicted molar refractivity (Wildman–Crippen MR) is 171 cm³/mol. The Kier molecular flexibility index (Phi) is 8.02. The molecular formula is C31H28N10O2S. The summed E-state index contributed by atoms with van der Waals surface area (Å²) in [4.78, 5) is 39.4. The maximum absolute atomic E-state index is 10.8. The maximum Gasteiger partial charge on any atom is 0.250 e. The lowest BCUT2D eigenvalue weighted by atomic mass is 10.1. The number of amides is 1. The van der Waals surface area contributed by atoms with Crippen LogP contribution in [0, 0.1) is 0 Å². The van der Waals surface area contributed by atoms with Crippen molar-refractivity contribution in [3.63, 3.8) is 0 Å². The fraction of sp³-hybridized carbons (Fsp3) is 0.129. The molecule has 1 aliphatic carbocycles. The zero-order chi connectivity index (χ0) is 30.6. The Balaban J connectivity index is 0.000000208. The summed E-state index contributed by atoms with van der Waals surface area (Å²) in [7, 11) is 0. The van der Waals surface area contributed by atoms with Crippen molar-refractivity contribution in [3.8, 4) is 22.9 Å². The van der Waals surface area contributed by atoms with E-state index in [-0.39, 0.29) is 5.56 Å². The van der Waals surface area contributed by atoms with E-state index >= 15 is 0 Å². The van der Waals surface area contributed by atoms with E-state index in [4.69, 9.17) is 21.4 Å². The van der Waals surface area contributed by atoms with Crippen molar-refractivity contribution >= 4 is 46.9 Å². The average Bonchev–Trinajstić information content (AvgIpc) is 3.81. The smallest absolute Gasteiger partial charge is 0.250 e. The van der Waals surface area contributed by atoms with Gasteiger partial charge in [0.25, 0.3) is 0 Å². The van der Waals surface area contributed by atoms with E-state index in [2.05, 4.69) is 42.6 Å². The fourth-order valence-corrected chi connectivity index (χ4v) is 5.46. The second-order valence-electron chi connectivity index (χ2n) is 9.93. The van der Waals surface area contributed by atoms with Gasteiger partial charge in [-0.2, -0.15) is 5.10 Å². The van der Waals surface area contributed by atoms with Gasteiger partial charge >= 0.3 is 0 Å². The minimum Gasteiger partial charge on any atom is -0.383 e. The minimum atomic E-state index is -0.601. The Morgan fingerprint density at radius 3 is 2.64 bits per heavy atom. The zero-order valence-corrected chi connectivity index (χ0v) is 24.5. The summed E-state index contributed by atoms with van der Waals surface area (Å²) in [5, 5.41) is 4.32. The number of rotatable bonds is 7. The number of primary amides is 1. The maximum atomic E-state index is 10.8. The molecule has 7 rings (SSSR count). The van der Waals surface area contributed by atoms with Gasteiger partial charge < -0.3 is 16.2 Å². The summed E-state index contributed by atoms with van der Waals surface area (Å²) in [6.45, 7) is 0. The predicted octanol–water partition coefficient (Wildman–Crippen LogP) is 4.42. The van der Waals surface area contributed by atoms with Crippen LogP contribution in [0.5, 0.6) is 0 Å². The number of hydrogen-bond acceptors (Lipinski definition) is 10. The molecule has 0 atom stereocenters. The topological polar surface area (TPSA) is 173 Å². The molecule has 13 heteroatoms. The number of benzene rings is 1. The first-order chi connectivity index (χ1) is 21.5. The number of anilines is 2. The molecule has 12 nitrogen and oxygen atoms in total. The highest BCUT2D eigenvalue weighted by atomic mass is 32.2. The average molecular weight is 605 g/mol. The lowest BCUT2D eigenvalue weighted by Gasteiger charge is -2.12. The molecule has 0 saturated heterocycles. The number of fused-ring (bicyclic) bond motifs is 2. The van der Waals surface area contributed by atoms with Gasteiger partial charge in [0.2, 0.25) is 5.91 Å². The standard InChI is InChI=1S/C23H19N7.C8H9N3O2S/c24-21-18(6-2-11-25-21)22-27-19-9-10-20(29-13-3-12-26-29)28-23(19)30(22)17-8-7-15-4-1-5-16(15)14-17;1-14-11-8-6(4-12)2-5(3-10-8)7(9)13/h2-3,6-14H,1,4-5H2,(H2,24,25);2-4H,1H3,(H2,9,13)(H,10,11). The summed E-state index contributed by atoms with van der Waals surface area (Å²) < 4.78 is 6.64. The largest absolute Gasteiger partial charge is 0.383 e. The molecule has 5 aromatic heterocycles. The van der Waals surface area contributed by atoms with Crippen LogP contribution >= 0.6 is 11.9 Å². The molecule has 0 fully saturated rings. The molecule has 0 saturated carbocycles. The summed E-state index contributed by atoms with van der Waals surface area (Å²) >= 11 is 1.31. The quantitative estimate of drug-likeness (QED) is 0.175. The highest BCUT2D eigenvalue weighted by molar-refractivity contribution is 7.99. The summed E-state index contributed by atoms with van der Waals surface area (Å²) in [5.74, 6) is 1.75. The molecule has 5 N–H and O–H groups in total. The number of imidazole rings is 1. The number of carbonyl (C=O) groups is 2. The van der Waals surface area contributed by atoms with Crippen molar-refractivity contribution in [3.05, 3.63) is 102 Å². The third-order valence-electron chi connectivity index (χ3n) is 7.18. The number of aryl methyl sites for hydroxylation is 2. The first-order valence-electron chi connectivity index (χ1n) is 13.7. The van der Waals surface area contributed by atoms with E-state index in [1.165, 1.54) is 41.8 Å². The Morgan fingerprint density at radius 1 is 1.02 bits per heavy atom. The lowest BCUT2D eigenvalue weighted by molar-refractivity contribution is 0.1000. The molecule has 44 heavy (non-hydrogen) atoms. The number of aldehydes is 1. The van der Waals surface area contributed by atoms with E-state index < -0.39 is 5.91 Å². The number of nitrogens with zero attached hydrogens (tertiary/aromatic N) is 7. The van der Waals surface area contributed by atoms with Crippen molar-refractivity contribution in [2.24, 2.45) is 5.73 Å². The van der Waals surface area contributed by atoms with Crippen LogP contribution < -0.4 is 16.2 Å². The molecule has 0 unspecified atom stereocenters. The number of nitrogens with two attached hydrogens (primary N) is 2. The Bertz CT molecular complexity index is 1990. The zero-order valence-electron chi connectivity index (χ0n) is 23.7. The van der Waals surface area contributed by atoms with Gasteiger partial charge in [-0.25, -0.2) is 24.6 Å². The third-order valence-corrected chi connectivity index (χ3v) is 7.57. The van der Waals surface area contributed by atoms with E-state index in [0.717, 1.165) is 46.9 Å². The Hall–Kier alpha value is -5.56. The van der Waals surface area contributed by atoms with Gasteiger partial charge in [-0.15, -0.1) is 0 Å². The molecule has 0 spiro atoms. The van der Waals surface area contributed by atoms with Gasteiger partial charge in [0.1, 0.15) is 17.2 Å². The normalized spacial score (nSPS) is 11.9. The number of aromatic nitrogens is 7. The van der Waals surface area contributed by atoms with Crippen molar-refractivity contribution in [2.75, 3.05) is 16.7 Å². The highest BCUT2D eigenvalue weighted by Gasteiger charge is 2.20. The first kappa shape index (κ1) is 28.6. The number of nitrogen functional groups attached to an aromatic ring is 1. The summed E-state index contributed by atoms with van der Waals surface area (Å²) in [6, 6.07) is 17.6. The number of nitrogens with one attached hydrogen (secondary N) is 1. The molecule has 0 aliphatic heterocycles. The summed E-state index contributed by atoms with van der Waals surface area (Å²) in [5.41, 5.74) is 18.0. The van der Waals surface area contributed by atoms with E-state index in [9.17, 15) is 9.59 Å². The van der Waals surface area contributed by atoms with Crippen molar-refractivity contribution in [1.29, 1.82) is 0 Å². The molecule has 0 bridgehead atoms. The minimum absolute atomic E-state index is 0.221. The van der Waals surface area contributed by atoms with E-state index in [0.29, 0.717) is 23.5 Å². The van der Waals surface area contributed by atoms with Gasteiger partial charge in [-0.3, -0.25) is 14.2 Å². The molecule has 6 aromatic rings. The van der Waals surface area contributed by atoms with Crippen LogP contribution in [0.15, 0.2) is 79.4 Å². The highest BCUT2D eigenvalue weighted by Crippen LogP contribution is 2.32. The second kappa shape index (κ2) is 12.4. The second-order valence-corrected chi connectivity index (χ2v) is 10.5. The Labute approximate surface area is 256 Å². The SMILES string of the molecule is CSNc1ncc(C(N)=O)cc1C=O.Nc1ncccc1-c1nc2ccc(-n3cccn3)nc2n1-c1ccc2c(c1)CCC2. The van der Waals surface area contributed by atoms with Crippen LogP contribution in [0.25, 0.3) is 34.1 Å². The van der Waals surface area contributed by atoms with Crippen LogP contribution in [-0.2, 0) is 12.8 Å². The number of hydrogen-bond donors (Lipinski definition) is 3. The number of carbonyl (C=O) groups excluding carboxylic acids is 2. The Morgan fingerprint density at radius 2 is 1.89 bits per heavy atom. The molecule has 1 amide bonds. The van der Waals surface area contributed by atoms with E-state index in [1.807, 2.05) is 36.5 Å². The molecular weight excluding hydrogens is 576 g/mol. The lowest BCUT2D eigenvalue weighted by Crippen LogP contribution is -2.12. The van der Waals surface area contributed by atoms with Gasteiger partial charge in [-0.1, -0.05) is 18.0 Å².